The number of alkyl halides is 1. The van der Waals surface area contributed by atoms with Crippen LogP contribution in [-0.2, 0) is 9.05 Å². The van der Waals surface area contributed by atoms with Gasteiger partial charge in [-0.25, -0.2) is 8.42 Å². The zero-order valence-electron chi connectivity index (χ0n) is 15.8. The maximum Gasteiger partial charge on any atom is 0.229 e. The highest BCUT2D eigenvalue weighted by Crippen LogP contribution is 2.16. The number of hydrogen-bond acceptors (Lipinski definition) is 3. The summed E-state index contributed by atoms with van der Waals surface area (Å²) in [4.78, 5) is 0. The van der Waals surface area contributed by atoms with Crippen molar-refractivity contribution in [2.24, 2.45) is 11.8 Å². The lowest BCUT2D eigenvalue weighted by atomic mass is 9.97. The Morgan fingerprint density at radius 3 is 1.56 bits per heavy atom. The lowest BCUT2D eigenvalue weighted by molar-refractivity contribution is 0.240. The monoisotopic (exact) mass is 412 g/mol. The van der Waals surface area contributed by atoms with Gasteiger partial charge in [0.1, 0.15) is 0 Å². The third kappa shape index (κ3) is 28.5. The minimum Gasteiger partial charge on any atom is -0.396 e. The van der Waals surface area contributed by atoms with E-state index in [4.69, 9.17) is 16.7 Å². The molecule has 0 spiro atoms. The Kier molecular flexibility index (Phi) is 21.3. The van der Waals surface area contributed by atoms with Gasteiger partial charge in [-0.15, -0.1) is 24.8 Å². The molecule has 0 aliphatic rings. The van der Waals surface area contributed by atoms with Crippen LogP contribution in [0.1, 0.15) is 39.5 Å². The normalized spacial score (nSPS) is 12.4. The maximum atomic E-state index is 9.40. The molecule has 0 aromatic carbocycles. The van der Waals surface area contributed by atoms with Gasteiger partial charge in [-0.1, -0.05) is 36.5 Å². The first-order valence-corrected chi connectivity index (χ1v) is 11.3. The van der Waals surface area contributed by atoms with Crippen molar-refractivity contribution in [3.8, 4) is 0 Å². The van der Waals surface area contributed by atoms with Crippen molar-refractivity contribution in [1.29, 1.82) is 0 Å². The number of aliphatic hydroxyl groups excluding tert-OH is 1. The fraction of sp³-hybridized carbons (Fsp3) is 0.579. The molecule has 0 amide bonds. The molecule has 0 aromatic heterocycles. The van der Waals surface area contributed by atoms with Crippen molar-refractivity contribution >= 4 is 31.3 Å². The Morgan fingerprint density at radius 2 is 1.36 bits per heavy atom. The highest BCUT2D eigenvalue weighted by molar-refractivity contribution is 8.13. The minimum atomic E-state index is -3.19. The average molecular weight is 413 g/mol. The van der Waals surface area contributed by atoms with E-state index in [2.05, 4.69) is 37.0 Å². The van der Waals surface area contributed by atoms with Crippen molar-refractivity contribution < 1.29 is 13.5 Å². The van der Waals surface area contributed by atoms with Gasteiger partial charge in [0.15, 0.2) is 0 Å². The molecule has 6 heteroatoms. The third-order valence-electron chi connectivity index (χ3n) is 3.24. The highest BCUT2D eigenvalue weighted by Gasteiger charge is 2.05. The Morgan fingerprint density at radius 1 is 1.04 bits per heavy atom. The minimum absolute atomic E-state index is 0.211. The van der Waals surface area contributed by atoms with Crippen LogP contribution in [0.3, 0.4) is 0 Å². The number of halogens is 2. The van der Waals surface area contributed by atoms with Gasteiger partial charge in [0, 0.05) is 29.1 Å². The molecule has 0 saturated heterocycles. The van der Waals surface area contributed by atoms with Gasteiger partial charge in [0.2, 0.25) is 9.05 Å². The van der Waals surface area contributed by atoms with Gasteiger partial charge in [0.25, 0.3) is 0 Å². The van der Waals surface area contributed by atoms with Crippen molar-refractivity contribution in [2.45, 2.75) is 39.5 Å². The first-order valence-electron chi connectivity index (χ1n) is 8.03. The van der Waals surface area contributed by atoms with E-state index in [-0.39, 0.29) is 12.5 Å². The first-order chi connectivity index (χ1) is 11.4. The summed E-state index contributed by atoms with van der Waals surface area (Å²) in [7, 11) is 1.31. The predicted octanol–water partition coefficient (Wildman–Crippen LogP) is 5.71. The molecule has 0 heterocycles. The van der Waals surface area contributed by atoms with Gasteiger partial charge in [-0.05, 0) is 45.4 Å². The molecule has 2 atom stereocenters. The fourth-order valence-electron chi connectivity index (χ4n) is 1.59. The second-order valence-corrected chi connectivity index (χ2v) is 9.19. The van der Waals surface area contributed by atoms with Crippen molar-refractivity contribution in [3.05, 3.63) is 49.6 Å². The van der Waals surface area contributed by atoms with E-state index in [0.717, 1.165) is 37.5 Å². The van der Waals surface area contributed by atoms with E-state index in [9.17, 15) is 8.42 Å². The summed E-state index contributed by atoms with van der Waals surface area (Å²) in [5, 5.41) is 8.83. The van der Waals surface area contributed by atoms with Gasteiger partial charge in [-0.2, -0.15) is 0 Å². The molecule has 148 valence electrons. The first kappa shape index (κ1) is 29.2. The smallest absolute Gasteiger partial charge is 0.229 e. The molecule has 0 aliphatic heterocycles. The van der Waals surface area contributed by atoms with Crippen molar-refractivity contribution in [3.63, 3.8) is 0 Å². The quantitative estimate of drug-likeness (QED) is 0.284. The summed E-state index contributed by atoms with van der Waals surface area (Å²) in [5.41, 5.74) is 2.24. The Bertz CT molecular complexity index is 447. The zero-order valence-corrected chi connectivity index (χ0v) is 18.1. The summed E-state index contributed by atoms with van der Waals surface area (Å²) < 4.78 is 18.8. The number of aliphatic hydroxyl groups is 1. The summed E-state index contributed by atoms with van der Waals surface area (Å²) in [6.07, 6.45) is 8.75. The van der Waals surface area contributed by atoms with E-state index in [1.807, 2.05) is 26.0 Å². The molecule has 0 rings (SSSR count). The molecule has 0 bridgehead atoms. The van der Waals surface area contributed by atoms with Gasteiger partial charge in [0.05, 0.1) is 6.26 Å². The Labute approximate surface area is 164 Å². The van der Waals surface area contributed by atoms with E-state index in [1.165, 1.54) is 5.57 Å². The summed E-state index contributed by atoms with van der Waals surface area (Å²) >= 11 is 5.70. The van der Waals surface area contributed by atoms with Crippen LogP contribution in [0.15, 0.2) is 49.6 Å². The van der Waals surface area contributed by atoms with Gasteiger partial charge < -0.3 is 5.11 Å². The summed E-state index contributed by atoms with van der Waals surface area (Å²) in [6, 6.07) is 0. The van der Waals surface area contributed by atoms with Crippen LogP contribution < -0.4 is 0 Å². The number of allylic oxidation sites excluding steroid dienone is 3. The third-order valence-corrected chi connectivity index (χ3v) is 3.61. The zero-order chi connectivity index (χ0) is 20.5. The molecule has 0 aromatic rings. The predicted molar refractivity (Wildman–Crippen MR) is 114 cm³/mol. The van der Waals surface area contributed by atoms with Gasteiger partial charge in [-0.3, -0.25) is 0 Å². The molecule has 25 heavy (non-hydrogen) atoms. The Balaban J connectivity index is -0.000000308. The molecule has 0 aliphatic carbocycles. The fourth-order valence-corrected chi connectivity index (χ4v) is 2.00. The number of rotatable bonds is 10. The molecule has 2 unspecified atom stereocenters. The number of hydrogen-bond donors (Lipinski definition) is 1. The van der Waals surface area contributed by atoms with Crippen molar-refractivity contribution in [1.82, 2.24) is 0 Å². The molecule has 3 nitrogen and oxygen atoms in total. The standard InChI is InChI=1S/C9H15Cl.C9H16O.CH3ClO2S/c2*1-4-5-6-9(7-10)8(2)3;1-5(2,3)4/h4,9H,1-2,5-7H2,3H3;4,9-10H,1-2,5-7H2,3H3;1H3. The lowest BCUT2D eigenvalue weighted by Crippen LogP contribution is -2.05. The molecule has 0 radical (unpaired) electrons. The van der Waals surface area contributed by atoms with Crippen LogP contribution >= 0.6 is 22.3 Å². The van der Waals surface area contributed by atoms with Crippen LogP contribution in [0.2, 0.25) is 0 Å². The summed E-state index contributed by atoms with van der Waals surface area (Å²) in [5.74, 6) is 1.42. The van der Waals surface area contributed by atoms with E-state index < -0.39 is 9.05 Å². The van der Waals surface area contributed by atoms with Crippen LogP contribution in [0.5, 0.6) is 0 Å². The van der Waals surface area contributed by atoms with E-state index in [1.54, 1.807) is 0 Å². The van der Waals surface area contributed by atoms with Crippen LogP contribution in [-0.4, -0.2) is 32.3 Å². The second-order valence-electron chi connectivity index (χ2n) is 5.84. The Hall–Kier alpha value is -0.550. The molecule has 1 N–H and O–H groups in total. The maximum absolute atomic E-state index is 9.40. The molecule has 0 fully saturated rings. The van der Waals surface area contributed by atoms with E-state index >= 15 is 0 Å². The van der Waals surface area contributed by atoms with E-state index in [0.29, 0.717) is 11.8 Å². The van der Waals surface area contributed by atoms with Gasteiger partial charge >= 0.3 is 0 Å². The topological polar surface area (TPSA) is 54.4 Å². The second kappa shape index (κ2) is 18.2. The highest BCUT2D eigenvalue weighted by atomic mass is 35.7. The molecular formula is C19H34Cl2O3S. The lowest BCUT2D eigenvalue weighted by Gasteiger charge is -2.11. The van der Waals surface area contributed by atoms with Crippen LogP contribution in [0.25, 0.3) is 0 Å². The van der Waals surface area contributed by atoms with Crippen LogP contribution in [0.4, 0.5) is 0 Å². The molecule has 0 saturated carbocycles. The van der Waals surface area contributed by atoms with Crippen LogP contribution in [0, 0.1) is 11.8 Å². The average Bonchev–Trinajstić information content (AvgIpc) is 2.47. The van der Waals surface area contributed by atoms with Crippen molar-refractivity contribution in [2.75, 3.05) is 18.7 Å². The summed E-state index contributed by atoms with van der Waals surface area (Å²) in [6.45, 7) is 19.1. The SMILES string of the molecule is C=CCCC(CCl)C(=C)C.C=CCCC(CO)C(=C)C.CS(=O)(=O)Cl. The largest absolute Gasteiger partial charge is 0.396 e. The molecular weight excluding hydrogens is 379 g/mol.